The molecule has 0 atom stereocenters. The van der Waals surface area contributed by atoms with Crippen molar-refractivity contribution in [2.45, 2.75) is 77.6 Å². The largest absolute Gasteiger partial charge is 0.435 e. The number of hydrogen-bond donors (Lipinski definition) is 2. The van der Waals surface area contributed by atoms with Crippen molar-refractivity contribution < 1.29 is 22.8 Å². The first-order valence-electron chi connectivity index (χ1n) is 12.5. The predicted molar refractivity (Wildman–Crippen MR) is 133 cm³/mol. The average molecular weight is 535 g/mol. The Kier molecular flexibility index (Phi) is 6.86. The van der Waals surface area contributed by atoms with Crippen LogP contribution in [0.5, 0.6) is 0 Å². The topological polar surface area (TPSA) is 93.8 Å². The lowest BCUT2D eigenvalue weighted by Gasteiger charge is -2.15. The third-order valence-corrected chi connectivity index (χ3v) is 8.27. The molecule has 3 heterocycles. The molecule has 12 heteroatoms. The van der Waals surface area contributed by atoms with Crippen LogP contribution in [0.15, 0.2) is 6.07 Å². The third kappa shape index (κ3) is 5.16. The van der Waals surface area contributed by atoms with Gasteiger partial charge in [0.1, 0.15) is 11.5 Å². The molecular formula is C25H29F3N6O2S. The van der Waals surface area contributed by atoms with Crippen molar-refractivity contribution in [3.05, 3.63) is 50.4 Å². The second kappa shape index (κ2) is 9.96. The number of carbonyl (C=O) groups is 2. The van der Waals surface area contributed by atoms with Gasteiger partial charge in [0.15, 0.2) is 5.69 Å². The van der Waals surface area contributed by atoms with Crippen LogP contribution in [-0.4, -0.2) is 31.4 Å². The van der Waals surface area contributed by atoms with Crippen LogP contribution in [0.25, 0.3) is 0 Å². The number of carbonyl (C=O) groups excluding carboxylic acids is 2. The highest BCUT2D eigenvalue weighted by atomic mass is 32.1. The maximum atomic E-state index is 13.5. The number of thiophene rings is 1. The standard InChI is InChI=1S/C25H29F3N6O2S/c1-14-11-15(31-33(14)2)12-29-23(36)21-17-8-4-6-10-19(17)37-24(21)30-20(35)13-34-18-9-5-3-7-16(18)22(32-34)25(26,27)28/h11H,3-10,12-13H2,1-2H3,(H,29,36)(H,30,35). The molecule has 0 aromatic carbocycles. The smallest absolute Gasteiger partial charge is 0.346 e. The van der Waals surface area contributed by atoms with Gasteiger partial charge in [0.25, 0.3) is 5.91 Å². The zero-order chi connectivity index (χ0) is 26.3. The van der Waals surface area contributed by atoms with E-state index in [9.17, 15) is 22.8 Å². The Morgan fingerprint density at radius 1 is 1.05 bits per heavy atom. The zero-order valence-corrected chi connectivity index (χ0v) is 21.6. The van der Waals surface area contributed by atoms with Gasteiger partial charge in [-0.25, -0.2) is 0 Å². The molecule has 2 N–H and O–H groups in total. The van der Waals surface area contributed by atoms with Crippen molar-refractivity contribution in [1.29, 1.82) is 0 Å². The van der Waals surface area contributed by atoms with Crippen LogP contribution in [0, 0.1) is 6.92 Å². The van der Waals surface area contributed by atoms with Crippen molar-refractivity contribution in [3.63, 3.8) is 0 Å². The Hall–Kier alpha value is -3.15. The van der Waals surface area contributed by atoms with Gasteiger partial charge < -0.3 is 10.6 Å². The van der Waals surface area contributed by atoms with Gasteiger partial charge in [-0.1, -0.05) is 0 Å². The van der Waals surface area contributed by atoms with Gasteiger partial charge in [-0.05, 0) is 69.9 Å². The number of hydrogen-bond acceptors (Lipinski definition) is 5. The van der Waals surface area contributed by atoms with Crippen LogP contribution in [0.1, 0.15) is 74.8 Å². The number of aromatic nitrogens is 4. The van der Waals surface area contributed by atoms with Gasteiger partial charge in [-0.15, -0.1) is 11.3 Å². The highest BCUT2D eigenvalue weighted by Gasteiger charge is 2.39. The fourth-order valence-corrected chi connectivity index (χ4v) is 6.51. The highest BCUT2D eigenvalue weighted by molar-refractivity contribution is 7.17. The molecule has 8 nitrogen and oxygen atoms in total. The van der Waals surface area contributed by atoms with E-state index < -0.39 is 17.8 Å². The number of nitrogens with zero attached hydrogens (tertiary/aromatic N) is 4. The number of nitrogens with one attached hydrogen (secondary N) is 2. The summed E-state index contributed by atoms with van der Waals surface area (Å²) < 4.78 is 43.5. The van der Waals surface area contributed by atoms with Gasteiger partial charge in [0.05, 0.1) is 17.8 Å². The molecular weight excluding hydrogens is 505 g/mol. The summed E-state index contributed by atoms with van der Waals surface area (Å²) in [6.07, 6.45) is 1.18. The molecule has 3 aromatic rings. The van der Waals surface area contributed by atoms with E-state index in [2.05, 4.69) is 20.8 Å². The molecule has 37 heavy (non-hydrogen) atoms. The Balaban J connectivity index is 1.37. The van der Waals surface area contributed by atoms with E-state index in [1.165, 1.54) is 16.0 Å². The number of rotatable bonds is 6. The molecule has 2 amide bonds. The Morgan fingerprint density at radius 3 is 2.46 bits per heavy atom. The summed E-state index contributed by atoms with van der Waals surface area (Å²) in [5.41, 5.74) is 2.86. The lowest BCUT2D eigenvalue weighted by molar-refractivity contribution is -0.142. The van der Waals surface area contributed by atoms with E-state index in [4.69, 9.17) is 0 Å². The lowest BCUT2D eigenvalue weighted by atomic mass is 9.95. The Bertz CT molecular complexity index is 1330. The molecule has 0 spiro atoms. The van der Waals surface area contributed by atoms with Gasteiger partial charge in [0.2, 0.25) is 5.91 Å². The fraction of sp³-hybridized carbons (Fsp3) is 0.520. The summed E-state index contributed by atoms with van der Waals surface area (Å²) in [6, 6.07) is 1.89. The Labute approximate surface area is 216 Å². The van der Waals surface area contributed by atoms with Gasteiger partial charge >= 0.3 is 6.18 Å². The van der Waals surface area contributed by atoms with E-state index >= 15 is 0 Å². The van der Waals surface area contributed by atoms with Crippen LogP contribution < -0.4 is 10.6 Å². The molecule has 0 radical (unpaired) electrons. The number of halogens is 3. The van der Waals surface area contributed by atoms with Crippen LogP contribution in [0.3, 0.4) is 0 Å². The minimum atomic E-state index is -4.56. The second-order valence-electron chi connectivity index (χ2n) is 9.68. The molecule has 198 valence electrons. The molecule has 2 aliphatic rings. The number of amides is 2. The summed E-state index contributed by atoms with van der Waals surface area (Å²) in [7, 11) is 1.83. The van der Waals surface area contributed by atoms with E-state index in [1.54, 1.807) is 4.68 Å². The minimum absolute atomic E-state index is 0.197. The first kappa shape index (κ1) is 25.5. The molecule has 0 saturated heterocycles. The lowest BCUT2D eigenvalue weighted by Crippen LogP contribution is -2.27. The molecule has 2 aliphatic carbocycles. The maximum Gasteiger partial charge on any atom is 0.435 e. The van der Waals surface area contributed by atoms with Crippen molar-refractivity contribution in [2.75, 3.05) is 5.32 Å². The van der Waals surface area contributed by atoms with E-state index in [-0.39, 0.29) is 24.6 Å². The third-order valence-electron chi connectivity index (χ3n) is 7.06. The number of alkyl halides is 3. The maximum absolute atomic E-state index is 13.5. The monoisotopic (exact) mass is 534 g/mol. The predicted octanol–water partition coefficient (Wildman–Crippen LogP) is 4.33. The molecule has 5 rings (SSSR count). The SMILES string of the molecule is Cc1cc(CNC(=O)c2c(NC(=O)Cn3nc(C(F)(F)F)c4c3CCCC4)sc3c2CCCC3)nn1C. The minimum Gasteiger partial charge on any atom is -0.346 e. The molecule has 0 bridgehead atoms. The molecule has 0 aliphatic heterocycles. The van der Waals surface area contributed by atoms with Gasteiger partial charge in [0, 0.05) is 28.9 Å². The van der Waals surface area contributed by atoms with Crippen LogP contribution in [-0.2, 0) is 56.8 Å². The first-order chi connectivity index (χ1) is 17.6. The normalized spacial score (nSPS) is 15.3. The quantitative estimate of drug-likeness (QED) is 0.492. The van der Waals surface area contributed by atoms with Crippen molar-refractivity contribution in [2.24, 2.45) is 7.05 Å². The molecule has 0 fully saturated rings. The van der Waals surface area contributed by atoms with Crippen LogP contribution >= 0.6 is 11.3 Å². The van der Waals surface area contributed by atoms with E-state index in [0.29, 0.717) is 35.5 Å². The summed E-state index contributed by atoms with van der Waals surface area (Å²) in [5, 5.41) is 14.3. The van der Waals surface area contributed by atoms with E-state index in [0.717, 1.165) is 53.9 Å². The van der Waals surface area contributed by atoms with Crippen LogP contribution in [0.4, 0.5) is 18.2 Å². The summed E-state index contributed by atoms with van der Waals surface area (Å²) in [6.45, 7) is 1.84. The number of anilines is 1. The molecule has 0 saturated carbocycles. The zero-order valence-electron chi connectivity index (χ0n) is 20.8. The summed E-state index contributed by atoms with van der Waals surface area (Å²) in [5.74, 6) is -0.800. The Morgan fingerprint density at radius 2 is 1.76 bits per heavy atom. The van der Waals surface area contributed by atoms with E-state index in [1.807, 2.05) is 20.0 Å². The number of aryl methyl sites for hydroxylation is 3. The fourth-order valence-electron chi connectivity index (χ4n) is 5.21. The summed E-state index contributed by atoms with van der Waals surface area (Å²) in [4.78, 5) is 27.4. The summed E-state index contributed by atoms with van der Waals surface area (Å²) >= 11 is 1.37. The molecule has 0 unspecified atom stereocenters. The van der Waals surface area contributed by atoms with Gasteiger partial charge in [-0.3, -0.25) is 19.0 Å². The molecule has 3 aromatic heterocycles. The number of fused-ring (bicyclic) bond motifs is 2. The first-order valence-corrected chi connectivity index (χ1v) is 13.3. The second-order valence-corrected chi connectivity index (χ2v) is 10.8. The van der Waals surface area contributed by atoms with Gasteiger partial charge in [-0.2, -0.15) is 23.4 Å². The van der Waals surface area contributed by atoms with Crippen molar-refractivity contribution >= 4 is 28.2 Å². The van der Waals surface area contributed by atoms with Crippen molar-refractivity contribution in [3.8, 4) is 0 Å². The average Bonchev–Trinajstić information content (AvgIpc) is 3.50. The van der Waals surface area contributed by atoms with Crippen molar-refractivity contribution in [1.82, 2.24) is 24.9 Å². The highest BCUT2D eigenvalue weighted by Crippen LogP contribution is 2.39. The van der Waals surface area contributed by atoms with Crippen LogP contribution in [0.2, 0.25) is 0 Å².